The van der Waals surface area contributed by atoms with E-state index in [1.807, 2.05) is 0 Å². The van der Waals surface area contributed by atoms with Gasteiger partial charge >= 0.3 is 0 Å². The molecule has 0 bridgehead atoms. The van der Waals surface area contributed by atoms with Gasteiger partial charge in [-0.05, 0) is 29.5 Å². The summed E-state index contributed by atoms with van der Waals surface area (Å²) in [6.07, 6.45) is -0.953. The summed E-state index contributed by atoms with van der Waals surface area (Å²) in [7, 11) is 0. The fourth-order valence-corrected chi connectivity index (χ4v) is 2.88. The van der Waals surface area contributed by atoms with E-state index >= 15 is 0 Å². The van der Waals surface area contributed by atoms with Gasteiger partial charge in [0.05, 0.1) is 12.2 Å². The molecule has 28 heavy (non-hydrogen) atoms. The fourth-order valence-electron chi connectivity index (χ4n) is 2.88. The highest BCUT2D eigenvalue weighted by molar-refractivity contribution is 5.96. The number of halogens is 1. The molecular formula is C18H15FN6O3. The number of hydrogen-bond acceptors (Lipinski definition) is 6. The molecular weight excluding hydrogens is 367 g/mol. The highest BCUT2D eigenvalue weighted by Gasteiger charge is 2.32. The molecule has 9 nitrogen and oxygen atoms in total. The fraction of sp³-hybridized carbons (Fsp3) is 0.167. The standard InChI is InChI=1S/C18H15FN6O3/c19-12-5-3-4-11(8-12)18-21-23-25(22-18)10-16(26)24-9-15(17(20)27)28-14-7-2-1-6-13(14)24/h1-8,15H,9-10H2,(H2,20,27)/t15-/m0/s1. The summed E-state index contributed by atoms with van der Waals surface area (Å²) in [4.78, 5) is 26.9. The number of nitrogens with zero attached hydrogens (tertiary/aromatic N) is 5. The number of carbonyl (C=O) groups excluding carboxylic acids is 2. The Morgan fingerprint density at radius 2 is 2.04 bits per heavy atom. The molecule has 0 spiro atoms. The summed E-state index contributed by atoms with van der Waals surface area (Å²) >= 11 is 0. The van der Waals surface area contributed by atoms with Gasteiger partial charge in [0.2, 0.25) is 5.82 Å². The predicted molar refractivity (Wildman–Crippen MR) is 95.6 cm³/mol. The third kappa shape index (κ3) is 3.39. The molecule has 142 valence electrons. The molecule has 0 unspecified atom stereocenters. The predicted octanol–water partition coefficient (Wildman–Crippen LogP) is 0.759. The van der Waals surface area contributed by atoms with Gasteiger partial charge in [-0.3, -0.25) is 9.59 Å². The largest absolute Gasteiger partial charge is 0.477 e. The summed E-state index contributed by atoms with van der Waals surface area (Å²) < 4.78 is 18.9. The van der Waals surface area contributed by atoms with E-state index < -0.39 is 17.8 Å². The second-order valence-corrected chi connectivity index (χ2v) is 6.13. The lowest BCUT2D eigenvalue weighted by Gasteiger charge is -2.33. The van der Waals surface area contributed by atoms with Gasteiger partial charge in [0.1, 0.15) is 18.1 Å². The summed E-state index contributed by atoms with van der Waals surface area (Å²) in [5.41, 5.74) is 6.32. The number of para-hydroxylation sites is 2. The Morgan fingerprint density at radius 1 is 1.21 bits per heavy atom. The molecule has 0 saturated heterocycles. The average molecular weight is 382 g/mol. The summed E-state index contributed by atoms with van der Waals surface area (Å²) in [6, 6.07) is 12.6. The van der Waals surface area contributed by atoms with Gasteiger partial charge < -0.3 is 15.4 Å². The van der Waals surface area contributed by atoms with E-state index in [2.05, 4.69) is 15.4 Å². The van der Waals surface area contributed by atoms with Crippen molar-refractivity contribution in [1.82, 2.24) is 20.2 Å². The first-order valence-electron chi connectivity index (χ1n) is 8.40. The lowest BCUT2D eigenvalue weighted by atomic mass is 10.1. The van der Waals surface area contributed by atoms with Gasteiger partial charge in [-0.1, -0.05) is 24.3 Å². The number of aromatic nitrogens is 4. The Labute approximate surface area is 158 Å². The summed E-state index contributed by atoms with van der Waals surface area (Å²) in [5.74, 6) is -0.875. The number of nitrogens with two attached hydrogens (primary N) is 1. The van der Waals surface area contributed by atoms with Crippen molar-refractivity contribution in [2.45, 2.75) is 12.6 Å². The number of amides is 2. The number of tetrazole rings is 1. The van der Waals surface area contributed by atoms with Gasteiger partial charge in [-0.15, -0.1) is 10.2 Å². The Bertz CT molecular complexity index is 1050. The first kappa shape index (κ1) is 17.6. The molecule has 2 N–H and O–H groups in total. The number of benzene rings is 2. The number of fused-ring (bicyclic) bond motifs is 1. The minimum absolute atomic E-state index is 0.0172. The van der Waals surface area contributed by atoms with Crippen molar-refractivity contribution in [3.05, 3.63) is 54.3 Å². The minimum Gasteiger partial charge on any atom is -0.477 e. The first-order chi connectivity index (χ1) is 13.5. The van der Waals surface area contributed by atoms with Crippen molar-refractivity contribution in [2.75, 3.05) is 11.4 Å². The van der Waals surface area contributed by atoms with Crippen LogP contribution in [0.3, 0.4) is 0 Å². The molecule has 2 amide bonds. The van der Waals surface area contributed by atoms with E-state index in [4.69, 9.17) is 10.5 Å². The molecule has 1 aliphatic rings. The second kappa shape index (κ2) is 7.06. The first-order valence-corrected chi connectivity index (χ1v) is 8.40. The molecule has 0 radical (unpaired) electrons. The van der Waals surface area contributed by atoms with Crippen LogP contribution in [0.5, 0.6) is 5.75 Å². The molecule has 1 aliphatic heterocycles. The highest BCUT2D eigenvalue weighted by Crippen LogP contribution is 2.33. The molecule has 4 rings (SSSR count). The molecule has 10 heteroatoms. The lowest BCUT2D eigenvalue weighted by Crippen LogP contribution is -2.50. The third-order valence-corrected chi connectivity index (χ3v) is 4.20. The maximum atomic E-state index is 13.4. The molecule has 2 heterocycles. The zero-order valence-electron chi connectivity index (χ0n) is 14.5. The maximum Gasteiger partial charge on any atom is 0.260 e. The summed E-state index contributed by atoms with van der Waals surface area (Å²) in [5, 5.41) is 11.8. The van der Waals surface area contributed by atoms with Gasteiger partial charge in [-0.2, -0.15) is 4.80 Å². The Hall–Kier alpha value is -3.82. The van der Waals surface area contributed by atoms with Crippen molar-refractivity contribution in [3.8, 4) is 17.1 Å². The molecule has 0 fully saturated rings. The van der Waals surface area contributed by atoms with E-state index in [-0.39, 0.29) is 24.8 Å². The Morgan fingerprint density at radius 3 is 2.82 bits per heavy atom. The van der Waals surface area contributed by atoms with Crippen LogP contribution in [0.1, 0.15) is 0 Å². The van der Waals surface area contributed by atoms with Crippen molar-refractivity contribution < 1.29 is 18.7 Å². The van der Waals surface area contributed by atoms with E-state index in [1.54, 1.807) is 30.3 Å². The quantitative estimate of drug-likeness (QED) is 0.712. The SMILES string of the molecule is NC(=O)[C@@H]1CN(C(=O)Cn2nnc(-c3cccc(F)c3)n2)c2ccccc2O1. The minimum atomic E-state index is -0.953. The molecule has 0 aliphatic carbocycles. The average Bonchev–Trinajstić information content (AvgIpc) is 3.15. The molecule has 1 atom stereocenters. The van der Waals surface area contributed by atoms with E-state index in [9.17, 15) is 14.0 Å². The third-order valence-electron chi connectivity index (χ3n) is 4.20. The van der Waals surface area contributed by atoms with Crippen LogP contribution in [0.15, 0.2) is 48.5 Å². The van der Waals surface area contributed by atoms with E-state index in [0.717, 1.165) is 4.80 Å². The molecule has 3 aromatic rings. The van der Waals surface area contributed by atoms with Gasteiger partial charge in [0.15, 0.2) is 6.10 Å². The van der Waals surface area contributed by atoms with Crippen LogP contribution in [-0.4, -0.2) is 44.7 Å². The normalized spacial score (nSPS) is 15.6. The number of primary amides is 1. The van der Waals surface area contributed by atoms with Crippen LogP contribution in [-0.2, 0) is 16.1 Å². The van der Waals surface area contributed by atoms with Crippen LogP contribution in [0.4, 0.5) is 10.1 Å². The van der Waals surface area contributed by atoms with Crippen molar-refractivity contribution in [3.63, 3.8) is 0 Å². The van der Waals surface area contributed by atoms with E-state index in [1.165, 1.54) is 23.1 Å². The zero-order chi connectivity index (χ0) is 19.7. The van der Waals surface area contributed by atoms with Crippen LogP contribution in [0.2, 0.25) is 0 Å². The van der Waals surface area contributed by atoms with Crippen LogP contribution < -0.4 is 15.4 Å². The molecule has 1 aromatic heterocycles. The number of anilines is 1. The second-order valence-electron chi connectivity index (χ2n) is 6.13. The van der Waals surface area contributed by atoms with Crippen molar-refractivity contribution >= 4 is 17.5 Å². The Kier molecular flexibility index (Phi) is 4.44. The number of ether oxygens (including phenoxy) is 1. The Balaban J connectivity index is 1.56. The van der Waals surface area contributed by atoms with Crippen molar-refractivity contribution in [1.29, 1.82) is 0 Å². The highest BCUT2D eigenvalue weighted by atomic mass is 19.1. The van der Waals surface area contributed by atoms with E-state index in [0.29, 0.717) is 17.0 Å². The van der Waals surface area contributed by atoms with Crippen LogP contribution in [0.25, 0.3) is 11.4 Å². The van der Waals surface area contributed by atoms with Gasteiger partial charge in [-0.25, -0.2) is 4.39 Å². The number of rotatable bonds is 4. The van der Waals surface area contributed by atoms with Crippen LogP contribution in [0, 0.1) is 5.82 Å². The molecule has 0 saturated carbocycles. The topological polar surface area (TPSA) is 116 Å². The number of carbonyl (C=O) groups is 2. The van der Waals surface area contributed by atoms with Crippen molar-refractivity contribution in [2.24, 2.45) is 5.73 Å². The maximum absolute atomic E-state index is 13.4. The summed E-state index contributed by atoms with van der Waals surface area (Å²) in [6.45, 7) is -0.237. The monoisotopic (exact) mass is 382 g/mol. The smallest absolute Gasteiger partial charge is 0.260 e. The lowest BCUT2D eigenvalue weighted by molar-refractivity contribution is -0.125. The zero-order valence-corrected chi connectivity index (χ0v) is 14.5. The van der Waals surface area contributed by atoms with Gasteiger partial charge in [0, 0.05) is 5.56 Å². The number of hydrogen-bond donors (Lipinski definition) is 1. The molecule has 2 aromatic carbocycles. The van der Waals surface area contributed by atoms with Gasteiger partial charge in [0.25, 0.3) is 11.8 Å². The van der Waals surface area contributed by atoms with Crippen LogP contribution >= 0.6 is 0 Å².